The molecule has 1 aliphatic heterocycles. The molecule has 2 aromatic heterocycles. The van der Waals surface area contributed by atoms with Gasteiger partial charge in [0, 0.05) is 24.9 Å². The molecule has 116 valence electrons. The lowest BCUT2D eigenvalue weighted by atomic mass is 9.84. The highest BCUT2D eigenvalue weighted by Gasteiger charge is 2.36. The van der Waals surface area contributed by atoms with Crippen molar-refractivity contribution >= 4 is 5.91 Å². The highest BCUT2D eigenvalue weighted by Crippen LogP contribution is 2.35. The first-order valence-corrected chi connectivity index (χ1v) is 7.84. The highest BCUT2D eigenvalue weighted by atomic mass is 16.5. The fourth-order valence-electron chi connectivity index (χ4n) is 3.13. The third kappa shape index (κ3) is 1.95. The molecule has 7 nitrogen and oxygen atoms in total. The largest absolute Gasteiger partial charge is 0.332 e. The molecule has 1 fully saturated rings. The highest BCUT2D eigenvalue weighted by molar-refractivity contribution is 5.80. The SMILES string of the molecule is CCc1noc(-c2nn(C)c3c2CN(C(=O)C2CCC2)C3)n1. The molecule has 0 spiro atoms. The third-order valence-electron chi connectivity index (χ3n) is 4.72. The van der Waals surface area contributed by atoms with Crippen LogP contribution in [0.15, 0.2) is 4.52 Å². The minimum atomic E-state index is 0.223. The maximum absolute atomic E-state index is 12.4. The fourth-order valence-corrected chi connectivity index (χ4v) is 3.13. The average molecular weight is 301 g/mol. The topological polar surface area (TPSA) is 77.0 Å². The molecule has 0 radical (unpaired) electrons. The Morgan fingerprint density at radius 1 is 1.36 bits per heavy atom. The molecule has 0 saturated heterocycles. The molecule has 0 unspecified atom stereocenters. The molecule has 2 aromatic rings. The van der Waals surface area contributed by atoms with E-state index in [0.29, 0.717) is 30.5 Å². The Bertz CT molecular complexity index is 728. The summed E-state index contributed by atoms with van der Waals surface area (Å²) in [5.41, 5.74) is 2.83. The summed E-state index contributed by atoms with van der Waals surface area (Å²) in [4.78, 5) is 18.7. The van der Waals surface area contributed by atoms with Crippen LogP contribution in [0.25, 0.3) is 11.6 Å². The number of hydrogen-bond acceptors (Lipinski definition) is 5. The van der Waals surface area contributed by atoms with Crippen molar-refractivity contribution in [2.45, 2.75) is 45.7 Å². The lowest BCUT2D eigenvalue weighted by Gasteiger charge is -2.29. The van der Waals surface area contributed by atoms with E-state index in [1.165, 1.54) is 6.42 Å². The van der Waals surface area contributed by atoms with Crippen LogP contribution in [0.4, 0.5) is 0 Å². The van der Waals surface area contributed by atoms with Gasteiger partial charge in [-0.05, 0) is 12.8 Å². The second-order valence-electron chi connectivity index (χ2n) is 6.09. The number of nitrogens with zero attached hydrogens (tertiary/aromatic N) is 5. The monoisotopic (exact) mass is 301 g/mol. The van der Waals surface area contributed by atoms with Crippen molar-refractivity contribution in [1.29, 1.82) is 0 Å². The van der Waals surface area contributed by atoms with E-state index >= 15 is 0 Å². The van der Waals surface area contributed by atoms with E-state index in [1.807, 2.05) is 23.6 Å². The van der Waals surface area contributed by atoms with E-state index in [2.05, 4.69) is 15.2 Å². The number of carbonyl (C=O) groups is 1. The first-order valence-electron chi connectivity index (χ1n) is 7.84. The Labute approximate surface area is 128 Å². The van der Waals surface area contributed by atoms with Crippen molar-refractivity contribution in [1.82, 2.24) is 24.8 Å². The summed E-state index contributed by atoms with van der Waals surface area (Å²) in [6, 6.07) is 0. The van der Waals surface area contributed by atoms with Gasteiger partial charge < -0.3 is 9.42 Å². The van der Waals surface area contributed by atoms with Gasteiger partial charge in [0.25, 0.3) is 5.89 Å². The second kappa shape index (κ2) is 4.93. The third-order valence-corrected chi connectivity index (χ3v) is 4.72. The summed E-state index contributed by atoms with van der Waals surface area (Å²) in [7, 11) is 1.90. The molecule has 22 heavy (non-hydrogen) atoms. The molecule has 0 bridgehead atoms. The van der Waals surface area contributed by atoms with Gasteiger partial charge in [-0.2, -0.15) is 10.1 Å². The van der Waals surface area contributed by atoms with Crippen LogP contribution in [-0.2, 0) is 31.4 Å². The lowest BCUT2D eigenvalue weighted by Crippen LogP contribution is -2.35. The van der Waals surface area contributed by atoms with E-state index < -0.39 is 0 Å². The summed E-state index contributed by atoms with van der Waals surface area (Å²) in [5, 5.41) is 8.44. The van der Waals surface area contributed by atoms with E-state index in [0.717, 1.165) is 30.5 Å². The standard InChI is InChI=1S/C15H19N5O2/c1-3-12-16-14(22-18-12)13-10-7-20(8-11(10)19(2)17-13)15(21)9-5-4-6-9/h9H,3-8H2,1-2H3. The Kier molecular flexibility index (Phi) is 3.02. The van der Waals surface area contributed by atoms with Crippen molar-refractivity contribution in [2.75, 3.05) is 0 Å². The number of aryl methyl sites for hydroxylation is 2. The minimum Gasteiger partial charge on any atom is -0.332 e. The van der Waals surface area contributed by atoms with Crippen molar-refractivity contribution in [3.63, 3.8) is 0 Å². The number of rotatable bonds is 3. The minimum absolute atomic E-state index is 0.223. The number of fused-ring (bicyclic) bond motifs is 1. The van der Waals surface area contributed by atoms with Crippen LogP contribution >= 0.6 is 0 Å². The zero-order valence-electron chi connectivity index (χ0n) is 12.9. The van der Waals surface area contributed by atoms with Crippen LogP contribution in [0, 0.1) is 5.92 Å². The van der Waals surface area contributed by atoms with Crippen LogP contribution < -0.4 is 0 Å². The molecule has 1 amide bonds. The van der Waals surface area contributed by atoms with Gasteiger partial charge in [-0.1, -0.05) is 18.5 Å². The molecule has 1 aliphatic carbocycles. The van der Waals surface area contributed by atoms with Gasteiger partial charge in [-0.3, -0.25) is 9.48 Å². The predicted molar refractivity (Wildman–Crippen MR) is 77.5 cm³/mol. The van der Waals surface area contributed by atoms with Gasteiger partial charge in [0.2, 0.25) is 5.91 Å². The van der Waals surface area contributed by atoms with Crippen LogP contribution in [0.1, 0.15) is 43.3 Å². The van der Waals surface area contributed by atoms with Crippen LogP contribution in [0.2, 0.25) is 0 Å². The van der Waals surface area contributed by atoms with Crippen molar-refractivity contribution in [2.24, 2.45) is 13.0 Å². The Hall–Kier alpha value is -2.18. The maximum atomic E-state index is 12.4. The van der Waals surface area contributed by atoms with Gasteiger partial charge in [0.05, 0.1) is 18.8 Å². The van der Waals surface area contributed by atoms with Gasteiger partial charge in [-0.25, -0.2) is 0 Å². The summed E-state index contributed by atoms with van der Waals surface area (Å²) < 4.78 is 7.14. The normalized spacial score (nSPS) is 17.6. The van der Waals surface area contributed by atoms with Crippen LogP contribution in [0.5, 0.6) is 0 Å². The zero-order chi connectivity index (χ0) is 15.3. The summed E-state index contributed by atoms with van der Waals surface area (Å²) >= 11 is 0. The summed E-state index contributed by atoms with van der Waals surface area (Å²) in [5.74, 6) is 1.62. The average Bonchev–Trinajstić information content (AvgIpc) is 3.13. The van der Waals surface area contributed by atoms with Gasteiger partial charge in [-0.15, -0.1) is 0 Å². The molecular weight excluding hydrogens is 282 g/mol. The van der Waals surface area contributed by atoms with Crippen LogP contribution in [0.3, 0.4) is 0 Å². The fraction of sp³-hybridized carbons (Fsp3) is 0.600. The summed E-state index contributed by atoms with van der Waals surface area (Å²) in [6.45, 7) is 3.21. The molecule has 0 atom stereocenters. The molecule has 0 N–H and O–H groups in total. The molecule has 3 heterocycles. The van der Waals surface area contributed by atoms with Crippen molar-refractivity contribution < 1.29 is 9.32 Å². The Morgan fingerprint density at radius 3 is 2.82 bits per heavy atom. The Morgan fingerprint density at radius 2 is 2.18 bits per heavy atom. The number of hydrogen-bond donors (Lipinski definition) is 0. The molecule has 7 heteroatoms. The van der Waals surface area contributed by atoms with E-state index in [1.54, 1.807) is 0 Å². The zero-order valence-corrected chi connectivity index (χ0v) is 12.9. The van der Waals surface area contributed by atoms with Gasteiger partial charge in [0.1, 0.15) is 0 Å². The number of aromatic nitrogens is 4. The first-order chi connectivity index (χ1) is 10.7. The van der Waals surface area contributed by atoms with Crippen LogP contribution in [-0.4, -0.2) is 30.7 Å². The van der Waals surface area contributed by atoms with E-state index in [4.69, 9.17) is 4.52 Å². The molecule has 1 saturated carbocycles. The summed E-state index contributed by atoms with van der Waals surface area (Å²) in [6.07, 6.45) is 3.96. The quantitative estimate of drug-likeness (QED) is 0.862. The predicted octanol–water partition coefficient (Wildman–Crippen LogP) is 1.67. The molecule has 4 rings (SSSR count). The molecular formula is C15H19N5O2. The van der Waals surface area contributed by atoms with E-state index in [-0.39, 0.29) is 11.8 Å². The van der Waals surface area contributed by atoms with Gasteiger partial charge in [0.15, 0.2) is 11.5 Å². The van der Waals surface area contributed by atoms with Gasteiger partial charge >= 0.3 is 0 Å². The molecule has 2 aliphatic rings. The number of amides is 1. The van der Waals surface area contributed by atoms with Crippen molar-refractivity contribution in [3.05, 3.63) is 17.1 Å². The van der Waals surface area contributed by atoms with E-state index in [9.17, 15) is 4.79 Å². The Balaban J connectivity index is 1.63. The second-order valence-corrected chi connectivity index (χ2v) is 6.09. The maximum Gasteiger partial charge on any atom is 0.278 e. The number of carbonyl (C=O) groups excluding carboxylic acids is 1. The van der Waals surface area contributed by atoms with Crippen molar-refractivity contribution in [3.8, 4) is 11.6 Å². The molecule has 0 aromatic carbocycles. The lowest BCUT2D eigenvalue weighted by molar-refractivity contribution is -0.138. The first kappa shape index (κ1) is 13.5. The smallest absolute Gasteiger partial charge is 0.278 e.